The molecule has 5 nitrogen and oxygen atoms in total. The summed E-state index contributed by atoms with van der Waals surface area (Å²) in [6, 6.07) is 8.43. The molecule has 6 heteroatoms. The second-order valence-electron chi connectivity index (χ2n) is 4.41. The lowest BCUT2D eigenvalue weighted by molar-refractivity contribution is 0.0594. The van der Waals surface area contributed by atoms with Gasteiger partial charge in [0, 0.05) is 0 Å². The predicted molar refractivity (Wildman–Crippen MR) is 76.7 cm³/mol. The Morgan fingerprint density at radius 2 is 1.64 bits per heavy atom. The van der Waals surface area contributed by atoms with E-state index in [2.05, 4.69) is 4.74 Å². The molecule has 2 aromatic rings. The third-order valence-electron chi connectivity index (χ3n) is 3.14. The number of carboxylic acid groups (broad SMARTS) is 1. The van der Waals surface area contributed by atoms with Crippen LogP contribution in [0.25, 0.3) is 11.1 Å². The van der Waals surface area contributed by atoms with E-state index >= 15 is 0 Å². The normalized spacial score (nSPS) is 10.1. The zero-order valence-corrected chi connectivity index (χ0v) is 11.9. The average molecular weight is 304 g/mol. The van der Waals surface area contributed by atoms with Crippen molar-refractivity contribution in [2.75, 3.05) is 14.2 Å². The van der Waals surface area contributed by atoms with Gasteiger partial charge in [-0.2, -0.15) is 0 Å². The molecule has 0 radical (unpaired) electrons. The highest BCUT2D eigenvalue weighted by Crippen LogP contribution is 2.28. The van der Waals surface area contributed by atoms with Gasteiger partial charge < -0.3 is 14.6 Å². The van der Waals surface area contributed by atoms with Crippen molar-refractivity contribution in [2.45, 2.75) is 0 Å². The van der Waals surface area contributed by atoms with Crippen LogP contribution in [0.3, 0.4) is 0 Å². The van der Waals surface area contributed by atoms with E-state index in [1.807, 2.05) is 0 Å². The zero-order chi connectivity index (χ0) is 16.3. The first-order valence-electron chi connectivity index (χ1n) is 6.27. The molecule has 0 unspecified atom stereocenters. The minimum absolute atomic E-state index is 0.0153. The van der Waals surface area contributed by atoms with Crippen LogP contribution in [-0.4, -0.2) is 31.3 Å². The molecule has 0 atom stereocenters. The minimum Gasteiger partial charge on any atom is -0.496 e. The van der Waals surface area contributed by atoms with Crippen LogP contribution in [0.1, 0.15) is 20.7 Å². The molecule has 0 bridgehead atoms. The van der Waals surface area contributed by atoms with Crippen LogP contribution >= 0.6 is 0 Å². The molecule has 0 aromatic heterocycles. The number of hydrogen-bond donors (Lipinski definition) is 1. The van der Waals surface area contributed by atoms with Crippen molar-refractivity contribution in [1.82, 2.24) is 0 Å². The standard InChI is InChI=1S/C16H13FO5/c1-21-14-8-10(3-5-11(14)15(18)19)9-4-6-13(17)12(7-9)16(20)22-2/h3-8H,1-2H3,(H,18,19). The highest BCUT2D eigenvalue weighted by Gasteiger charge is 2.15. The Morgan fingerprint density at radius 3 is 2.23 bits per heavy atom. The Kier molecular flexibility index (Phi) is 4.41. The van der Waals surface area contributed by atoms with E-state index in [-0.39, 0.29) is 16.9 Å². The van der Waals surface area contributed by atoms with Crippen molar-refractivity contribution in [3.63, 3.8) is 0 Å². The second kappa shape index (κ2) is 6.26. The van der Waals surface area contributed by atoms with Crippen LogP contribution in [0.5, 0.6) is 5.75 Å². The summed E-state index contributed by atoms with van der Waals surface area (Å²) in [4.78, 5) is 22.6. The minimum atomic E-state index is -1.11. The highest BCUT2D eigenvalue weighted by molar-refractivity contribution is 5.93. The topological polar surface area (TPSA) is 72.8 Å². The fourth-order valence-corrected chi connectivity index (χ4v) is 2.02. The monoisotopic (exact) mass is 304 g/mol. The number of hydrogen-bond acceptors (Lipinski definition) is 4. The Balaban J connectivity index is 2.53. The smallest absolute Gasteiger partial charge is 0.340 e. The van der Waals surface area contributed by atoms with E-state index in [0.29, 0.717) is 11.1 Å². The van der Waals surface area contributed by atoms with Crippen LogP contribution in [0.2, 0.25) is 0 Å². The summed E-state index contributed by atoms with van der Waals surface area (Å²) in [6.45, 7) is 0. The summed E-state index contributed by atoms with van der Waals surface area (Å²) in [5.74, 6) is -2.41. The molecule has 0 aliphatic rings. The van der Waals surface area contributed by atoms with Gasteiger partial charge in [-0.15, -0.1) is 0 Å². The number of methoxy groups -OCH3 is 2. The Bertz CT molecular complexity index is 739. The first-order valence-corrected chi connectivity index (χ1v) is 6.27. The molecule has 22 heavy (non-hydrogen) atoms. The lowest BCUT2D eigenvalue weighted by Crippen LogP contribution is -2.04. The lowest BCUT2D eigenvalue weighted by Gasteiger charge is -2.09. The molecule has 0 aliphatic heterocycles. The Morgan fingerprint density at radius 1 is 1.00 bits per heavy atom. The lowest BCUT2D eigenvalue weighted by atomic mass is 10.0. The number of benzene rings is 2. The summed E-state index contributed by atoms with van der Waals surface area (Å²) < 4.78 is 23.2. The fraction of sp³-hybridized carbons (Fsp3) is 0.125. The van der Waals surface area contributed by atoms with Gasteiger partial charge in [0.25, 0.3) is 0 Å². The van der Waals surface area contributed by atoms with Gasteiger partial charge in [0.15, 0.2) is 0 Å². The highest BCUT2D eigenvalue weighted by atomic mass is 19.1. The molecule has 0 fully saturated rings. The maximum absolute atomic E-state index is 13.6. The van der Waals surface area contributed by atoms with Gasteiger partial charge in [-0.1, -0.05) is 12.1 Å². The van der Waals surface area contributed by atoms with Gasteiger partial charge in [0.2, 0.25) is 0 Å². The molecular formula is C16H13FO5. The molecule has 2 rings (SSSR count). The molecule has 0 saturated carbocycles. The van der Waals surface area contributed by atoms with Gasteiger partial charge >= 0.3 is 11.9 Å². The Hall–Kier alpha value is -2.89. The van der Waals surface area contributed by atoms with Gasteiger partial charge in [0.05, 0.1) is 19.8 Å². The molecule has 0 aliphatic carbocycles. The van der Waals surface area contributed by atoms with E-state index in [4.69, 9.17) is 9.84 Å². The van der Waals surface area contributed by atoms with Crippen molar-refractivity contribution in [3.05, 3.63) is 53.3 Å². The van der Waals surface area contributed by atoms with Crippen molar-refractivity contribution >= 4 is 11.9 Å². The number of halogens is 1. The average Bonchev–Trinajstić information content (AvgIpc) is 2.53. The first-order chi connectivity index (χ1) is 10.5. The van der Waals surface area contributed by atoms with Crippen LogP contribution in [0.4, 0.5) is 4.39 Å². The van der Waals surface area contributed by atoms with E-state index in [1.165, 1.54) is 38.5 Å². The summed E-state index contributed by atoms with van der Waals surface area (Å²) in [7, 11) is 2.52. The fourth-order valence-electron chi connectivity index (χ4n) is 2.02. The SMILES string of the molecule is COC(=O)c1cc(-c2ccc(C(=O)O)c(OC)c2)ccc1F. The van der Waals surface area contributed by atoms with Crippen LogP contribution in [0, 0.1) is 5.82 Å². The summed E-state index contributed by atoms with van der Waals surface area (Å²) in [6.07, 6.45) is 0. The van der Waals surface area contributed by atoms with Crippen LogP contribution in [0.15, 0.2) is 36.4 Å². The number of carbonyl (C=O) groups is 2. The molecule has 0 saturated heterocycles. The summed E-state index contributed by atoms with van der Waals surface area (Å²) >= 11 is 0. The van der Waals surface area contributed by atoms with Crippen molar-refractivity contribution in [1.29, 1.82) is 0 Å². The Labute approximate surface area is 125 Å². The maximum atomic E-state index is 13.6. The second-order valence-corrected chi connectivity index (χ2v) is 4.41. The third kappa shape index (κ3) is 2.90. The zero-order valence-electron chi connectivity index (χ0n) is 11.9. The maximum Gasteiger partial charge on any atom is 0.340 e. The number of aromatic carboxylic acids is 1. The molecule has 2 aromatic carbocycles. The predicted octanol–water partition coefficient (Wildman–Crippen LogP) is 2.99. The number of esters is 1. The number of carboxylic acids is 1. The molecular weight excluding hydrogens is 291 g/mol. The van der Waals surface area contributed by atoms with E-state index < -0.39 is 17.8 Å². The molecule has 0 spiro atoms. The third-order valence-corrected chi connectivity index (χ3v) is 3.14. The van der Waals surface area contributed by atoms with Gasteiger partial charge in [0.1, 0.15) is 17.1 Å². The van der Waals surface area contributed by atoms with Crippen molar-refractivity contribution in [3.8, 4) is 16.9 Å². The van der Waals surface area contributed by atoms with Crippen LogP contribution < -0.4 is 4.74 Å². The van der Waals surface area contributed by atoms with Gasteiger partial charge in [-0.25, -0.2) is 14.0 Å². The first kappa shape index (κ1) is 15.5. The molecule has 1 N–H and O–H groups in total. The molecule has 114 valence electrons. The molecule has 0 amide bonds. The van der Waals surface area contributed by atoms with E-state index in [0.717, 1.165) is 6.07 Å². The summed E-state index contributed by atoms with van der Waals surface area (Å²) in [5, 5.41) is 9.05. The number of carbonyl (C=O) groups excluding carboxylic acids is 1. The number of rotatable bonds is 4. The summed E-state index contributed by atoms with van der Waals surface area (Å²) in [5.41, 5.74) is 0.951. The largest absolute Gasteiger partial charge is 0.496 e. The van der Waals surface area contributed by atoms with Gasteiger partial charge in [-0.3, -0.25) is 0 Å². The van der Waals surface area contributed by atoms with Crippen LogP contribution in [-0.2, 0) is 4.74 Å². The van der Waals surface area contributed by atoms with Crippen molar-refractivity contribution in [2.24, 2.45) is 0 Å². The number of ether oxygens (including phenoxy) is 2. The van der Waals surface area contributed by atoms with Crippen molar-refractivity contribution < 1.29 is 28.6 Å². The van der Waals surface area contributed by atoms with E-state index in [1.54, 1.807) is 6.07 Å². The van der Waals surface area contributed by atoms with Gasteiger partial charge in [-0.05, 0) is 35.4 Å². The molecule has 0 heterocycles. The quantitative estimate of drug-likeness (QED) is 0.879. The van der Waals surface area contributed by atoms with E-state index in [9.17, 15) is 14.0 Å².